The highest BCUT2D eigenvalue weighted by atomic mass is 32.2. The molecule has 20 heavy (non-hydrogen) atoms. The van der Waals surface area contributed by atoms with Gasteiger partial charge in [-0.2, -0.15) is 11.8 Å². The molecule has 116 valence electrons. The summed E-state index contributed by atoms with van der Waals surface area (Å²) < 4.78 is 6.13. The van der Waals surface area contributed by atoms with Crippen LogP contribution < -0.4 is 5.73 Å². The zero-order chi connectivity index (χ0) is 14.6. The summed E-state index contributed by atoms with van der Waals surface area (Å²) in [6.45, 7) is 3.68. The van der Waals surface area contributed by atoms with Gasteiger partial charge in [-0.1, -0.05) is 12.1 Å². The fraction of sp³-hybridized carbons (Fsp3) is 0.929. The van der Waals surface area contributed by atoms with E-state index in [1.165, 1.54) is 24.3 Å². The fourth-order valence-electron chi connectivity index (χ4n) is 3.24. The van der Waals surface area contributed by atoms with Crippen molar-refractivity contribution in [3.63, 3.8) is 0 Å². The van der Waals surface area contributed by atoms with Crippen molar-refractivity contribution in [3.05, 3.63) is 0 Å². The van der Waals surface area contributed by atoms with E-state index < -0.39 is 0 Å². The van der Waals surface area contributed by atoms with E-state index >= 15 is 0 Å². The molecule has 2 heterocycles. The van der Waals surface area contributed by atoms with E-state index in [2.05, 4.69) is 17.1 Å². The maximum atomic E-state index is 8.75. The number of ether oxygens (including phenoxy) is 1. The molecule has 2 unspecified atom stereocenters. The Morgan fingerprint density at radius 2 is 2.25 bits per heavy atom. The van der Waals surface area contributed by atoms with Gasteiger partial charge in [0.05, 0.1) is 5.60 Å². The SMILES string of the molecule is CC(CN(C)C1CCOC2(CCSCC2)C1)C(N)=NO. The van der Waals surface area contributed by atoms with Gasteiger partial charge >= 0.3 is 0 Å². The molecule has 0 amide bonds. The van der Waals surface area contributed by atoms with Gasteiger partial charge in [0.1, 0.15) is 5.84 Å². The third-order valence-corrected chi connectivity index (χ3v) is 5.66. The van der Waals surface area contributed by atoms with Gasteiger partial charge in [0, 0.05) is 25.1 Å². The van der Waals surface area contributed by atoms with E-state index in [0.717, 1.165) is 26.0 Å². The second-order valence-electron chi connectivity index (χ2n) is 6.16. The van der Waals surface area contributed by atoms with E-state index in [9.17, 15) is 0 Å². The molecule has 2 saturated heterocycles. The Morgan fingerprint density at radius 1 is 1.55 bits per heavy atom. The van der Waals surface area contributed by atoms with Crippen LogP contribution in [-0.2, 0) is 4.74 Å². The molecular weight excluding hydrogens is 274 g/mol. The van der Waals surface area contributed by atoms with Gasteiger partial charge in [-0.25, -0.2) is 0 Å². The first-order chi connectivity index (χ1) is 9.56. The lowest BCUT2D eigenvalue weighted by molar-refractivity contribution is -0.108. The lowest BCUT2D eigenvalue weighted by Crippen LogP contribution is -2.50. The topological polar surface area (TPSA) is 71.1 Å². The van der Waals surface area contributed by atoms with Crippen LogP contribution in [0.1, 0.15) is 32.6 Å². The molecule has 0 aliphatic carbocycles. The molecule has 0 bridgehead atoms. The highest BCUT2D eigenvalue weighted by Crippen LogP contribution is 2.38. The standard InChI is InChI=1S/C14H27N3O2S/c1-11(13(15)16-18)10-17(2)12-3-6-19-14(9-12)4-7-20-8-5-14/h11-12,18H,3-10H2,1-2H3,(H2,15,16). The van der Waals surface area contributed by atoms with E-state index in [1.54, 1.807) is 0 Å². The molecule has 0 saturated carbocycles. The monoisotopic (exact) mass is 301 g/mol. The number of rotatable bonds is 4. The van der Waals surface area contributed by atoms with Gasteiger partial charge < -0.3 is 20.6 Å². The predicted molar refractivity (Wildman–Crippen MR) is 83.5 cm³/mol. The van der Waals surface area contributed by atoms with Crippen LogP contribution in [0.2, 0.25) is 0 Å². The third-order valence-electron chi connectivity index (χ3n) is 4.68. The summed E-state index contributed by atoms with van der Waals surface area (Å²) in [6, 6.07) is 0.542. The van der Waals surface area contributed by atoms with Crippen molar-refractivity contribution in [1.82, 2.24) is 4.90 Å². The van der Waals surface area contributed by atoms with Crippen LogP contribution >= 0.6 is 11.8 Å². The minimum absolute atomic E-state index is 0.0747. The first kappa shape index (κ1) is 15.9. The molecule has 2 aliphatic rings. The molecule has 2 fully saturated rings. The average Bonchev–Trinajstić information content (AvgIpc) is 2.47. The number of nitrogens with two attached hydrogens (primary N) is 1. The van der Waals surface area contributed by atoms with Crippen LogP contribution in [-0.4, -0.2) is 59.3 Å². The molecule has 2 rings (SSSR count). The number of oxime groups is 1. The summed E-state index contributed by atoms with van der Waals surface area (Å²) in [5.74, 6) is 2.83. The normalized spacial score (nSPS) is 28.8. The lowest BCUT2D eigenvalue weighted by Gasteiger charge is -2.46. The molecule has 0 aromatic heterocycles. The van der Waals surface area contributed by atoms with Gasteiger partial charge in [0.25, 0.3) is 0 Å². The Balaban J connectivity index is 1.91. The minimum atomic E-state index is 0.0747. The smallest absolute Gasteiger partial charge is 0.143 e. The summed E-state index contributed by atoms with van der Waals surface area (Å²) in [5.41, 5.74) is 5.79. The van der Waals surface area contributed by atoms with E-state index in [4.69, 9.17) is 15.7 Å². The molecular formula is C14H27N3O2S. The van der Waals surface area contributed by atoms with Gasteiger partial charge in [-0.05, 0) is 44.2 Å². The number of thioether (sulfide) groups is 1. The molecule has 1 spiro atoms. The fourth-order valence-corrected chi connectivity index (χ4v) is 4.48. The molecule has 2 aliphatic heterocycles. The summed E-state index contributed by atoms with van der Waals surface area (Å²) in [5, 5.41) is 11.9. The zero-order valence-corrected chi connectivity index (χ0v) is 13.4. The van der Waals surface area contributed by atoms with Crippen molar-refractivity contribution in [2.75, 3.05) is 31.7 Å². The van der Waals surface area contributed by atoms with Crippen LogP contribution in [0, 0.1) is 5.92 Å². The van der Waals surface area contributed by atoms with Crippen LogP contribution in [0.5, 0.6) is 0 Å². The van der Waals surface area contributed by atoms with Crippen molar-refractivity contribution in [1.29, 1.82) is 0 Å². The quantitative estimate of drug-likeness (QED) is 0.358. The van der Waals surface area contributed by atoms with E-state index in [-0.39, 0.29) is 11.5 Å². The molecule has 0 aromatic rings. The second kappa shape index (κ2) is 7.00. The molecule has 0 aromatic carbocycles. The van der Waals surface area contributed by atoms with Gasteiger partial charge in [-0.15, -0.1) is 0 Å². The maximum absolute atomic E-state index is 8.75. The Hall–Kier alpha value is -0.460. The molecule has 3 N–H and O–H groups in total. The molecule has 2 atom stereocenters. The second-order valence-corrected chi connectivity index (χ2v) is 7.38. The van der Waals surface area contributed by atoms with Crippen molar-refractivity contribution < 1.29 is 9.94 Å². The maximum Gasteiger partial charge on any atom is 0.143 e. The Bertz CT molecular complexity index is 340. The Labute approximate surface area is 125 Å². The number of nitrogens with zero attached hydrogens (tertiary/aromatic N) is 2. The first-order valence-corrected chi connectivity index (χ1v) is 8.61. The van der Waals surface area contributed by atoms with Gasteiger partial charge in [-0.3, -0.25) is 0 Å². The molecule has 0 radical (unpaired) electrons. The largest absolute Gasteiger partial charge is 0.409 e. The van der Waals surface area contributed by atoms with Crippen molar-refractivity contribution in [2.45, 2.75) is 44.2 Å². The number of amidine groups is 1. The van der Waals surface area contributed by atoms with Crippen molar-refractivity contribution >= 4 is 17.6 Å². The van der Waals surface area contributed by atoms with Crippen molar-refractivity contribution in [3.8, 4) is 0 Å². The lowest BCUT2D eigenvalue weighted by atomic mass is 9.85. The number of hydrogen-bond donors (Lipinski definition) is 2. The summed E-state index contributed by atoms with van der Waals surface area (Å²) >= 11 is 2.04. The highest BCUT2D eigenvalue weighted by Gasteiger charge is 2.39. The number of hydrogen-bond acceptors (Lipinski definition) is 5. The summed E-state index contributed by atoms with van der Waals surface area (Å²) in [4.78, 5) is 2.36. The molecule has 6 heteroatoms. The summed E-state index contributed by atoms with van der Waals surface area (Å²) in [7, 11) is 2.14. The van der Waals surface area contributed by atoms with Crippen LogP contribution in [0.25, 0.3) is 0 Å². The third kappa shape index (κ3) is 3.80. The Kier molecular flexibility index (Phi) is 5.57. The first-order valence-electron chi connectivity index (χ1n) is 7.46. The predicted octanol–water partition coefficient (Wildman–Crippen LogP) is 1.75. The van der Waals surface area contributed by atoms with E-state index in [1.807, 2.05) is 18.7 Å². The average molecular weight is 301 g/mol. The minimum Gasteiger partial charge on any atom is -0.409 e. The zero-order valence-electron chi connectivity index (χ0n) is 12.5. The van der Waals surface area contributed by atoms with Crippen LogP contribution in [0.4, 0.5) is 0 Å². The molecule has 5 nitrogen and oxygen atoms in total. The van der Waals surface area contributed by atoms with Crippen molar-refractivity contribution in [2.24, 2.45) is 16.8 Å². The van der Waals surface area contributed by atoms with Crippen LogP contribution in [0.15, 0.2) is 5.16 Å². The Morgan fingerprint density at radius 3 is 2.90 bits per heavy atom. The van der Waals surface area contributed by atoms with Gasteiger partial charge in [0.15, 0.2) is 0 Å². The van der Waals surface area contributed by atoms with Gasteiger partial charge in [0.2, 0.25) is 0 Å². The highest BCUT2D eigenvalue weighted by molar-refractivity contribution is 7.99. The van der Waals surface area contributed by atoms with E-state index in [0.29, 0.717) is 11.9 Å². The van der Waals surface area contributed by atoms with Crippen LogP contribution in [0.3, 0.4) is 0 Å². The summed E-state index contributed by atoms with van der Waals surface area (Å²) in [6.07, 6.45) is 4.55.